The molecule has 2 N–H and O–H groups in total. The van der Waals surface area contributed by atoms with Gasteiger partial charge in [0.25, 0.3) is 0 Å². The van der Waals surface area contributed by atoms with Crippen molar-refractivity contribution < 1.29 is 9.53 Å². The van der Waals surface area contributed by atoms with E-state index < -0.39 is 5.97 Å². The number of carbonyl (C=O) groups is 1. The van der Waals surface area contributed by atoms with E-state index in [0.29, 0.717) is 0 Å². The monoisotopic (exact) mass is 168 g/mol. The molecule has 1 aliphatic heterocycles. The smallest absolute Gasteiger partial charge is 0.355 e. The van der Waals surface area contributed by atoms with Crippen LogP contribution in [0.25, 0.3) is 0 Å². The van der Waals surface area contributed by atoms with Gasteiger partial charge in [0, 0.05) is 12.2 Å². The molecule has 0 bridgehead atoms. The van der Waals surface area contributed by atoms with Crippen molar-refractivity contribution in [2.75, 3.05) is 13.7 Å². The Morgan fingerprint density at radius 1 is 1.75 bits per heavy atom. The van der Waals surface area contributed by atoms with E-state index >= 15 is 0 Å². The van der Waals surface area contributed by atoms with Crippen LogP contribution in [-0.2, 0) is 9.53 Å². The van der Waals surface area contributed by atoms with Crippen LogP contribution in [0.4, 0.5) is 0 Å². The fourth-order valence-corrected chi connectivity index (χ4v) is 1.08. The minimum Gasteiger partial charge on any atom is -0.464 e. The average Bonchev–Trinajstić information content (AvgIpc) is 2.55. The number of nitrogens with one attached hydrogen (secondary N) is 2. The fraction of sp³-hybridized carbons (Fsp3) is 0.500. The lowest BCUT2D eigenvalue weighted by molar-refractivity contribution is -0.132. The summed E-state index contributed by atoms with van der Waals surface area (Å²) in [6, 6.07) is 0. The Morgan fingerprint density at radius 3 is 3.00 bits per heavy atom. The largest absolute Gasteiger partial charge is 0.464 e. The molecular formula is C8H12N2O2. The third-order valence-electron chi connectivity index (χ3n) is 1.70. The van der Waals surface area contributed by atoms with Gasteiger partial charge in [-0.2, -0.15) is 0 Å². The molecular weight excluding hydrogens is 156 g/mol. The van der Waals surface area contributed by atoms with Crippen molar-refractivity contribution >= 4 is 11.7 Å². The quantitative estimate of drug-likeness (QED) is 0.464. The zero-order chi connectivity index (χ0) is 8.97. The molecule has 1 rings (SSSR count). The Balaban J connectivity index is 2.54. The van der Waals surface area contributed by atoms with Crippen LogP contribution in [0.3, 0.4) is 0 Å². The Morgan fingerprint density at radius 2 is 2.50 bits per heavy atom. The maximum absolute atomic E-state index is 10.8. The zero-order valence-corrected chi connectivity index (χ0v) is 7.02. The van der Waals surface area contributed by atoms with Gasteiger partial charge in [0.05, 0.1) is 7.11 Å². The summed E-state index contributed by atoms with van der Waals surface area (Å²) in [5, 5.41) is 10.3. The molecule has 4 heteroatoms. The van der Waals surface area contributed by atoms with Crippen molar-refractivity contribution in [1.82, 2.24) is 5.32 Å². The van der Waals surface area contributed by atoms with E-state index in [4.69, 9.17) is 5.41 Å². The summed E-state index contributed by atoms with van der Waals surface area (Å²) in [5.41, 5.74) is 0.854. The van der Waals surface area contributed by atoms with Gasteiger partial charge in [-0.15, -0.1) is 0 Å². The van der Waals surface area contributed by atoms with Crippen LogP contribution in [0.5, 0.6) is 0 Å². The SMILES string of the molecule is COC(=O)C(=N)/C=C1/CCCN1. The Hall–Kier alpha value is -1.32. The van der Waals surface area contributed by atoms with Crippen molar-refractivity contribution in [3.05, 3.63) is 11.8 Å². The average molecular weight is 168 g/mol. The van der Waals surface area contributed by atoms with Crippen molar-refractivity contribution in [3.63, 3.8) is 0 Å². The molecule has 1 saturated heterocycles. The Bertz CT molecular complexity index is 225. The lowest BCUT2D eigenvalue weighted by Gasteiger charge is -1.98. The predicted octanol–water partition coefficient (Wildman–Crippen LogP) is 0.446. The summed E-state index contributed by atoms with van der Waals surface area (Å²) < 4.78 is 4.39. The van der Waals surface area contributed by atoms with Crippen LogP contribution >= 0.6 is 0 Å². The normalized spacial score (nSPS) is 18.9. The van der Waals surface area contributed by atoms with Crippen molar-refractivity contribution in [2.45, 2.75) is 12.8 Å². The van der Waals surface area contributed by atoms with E-state index in [0.717, 1.165) is 25.1 Å². The Labute approximate surface area is 71.1 Å². The molecule has 0 unspecified atom stereocenters. The molecule has 0 amide bonds. The molecule has 0 spiro atoms. The van der Waals surface area contributed by atoms with Crippen LogP contribution in [0.15, 0.2) is 11.8 Å². The number of esters is 1. The van der Waals surface area contributed by atoms with Crippen LogP contribution in [0.1, 0.15) is 12.8 Å². The molecule has 1 fully saturated rings. The highest BCUT2D eigenvalue weighted by molar-refractivity contribution is 6.39. The summed E-state index contributed by atoms with van der Waals surface area (Å²) in [7, 11) is 1.28. The molecule has 0 aliphatic carbocycles. The van der Waals surface area contributed by atoms with Gasteiger partial charge < -0.3 is 10.1 Å². The molecule has 12 heavy (non-hydrogen) atoms. The predicted molar refractivity (Wildman–Crippen MR) is 45.1 cm³/mol. The maximum Gasteiger partial charge on any atom is 0.355 e. The minimum atomic E-state index is -0.587. The van der Waals surface area contributed by atoms with Gasteiger partial charge in [0.1, 0.15) is 5.71 Å². The molecule has 1 heterocycles. The van der Waals surface area contributed by atoms with E-state index in [1.807, 2.05) is 0 Å². The van der Waals surface area contributed by atoms with Gasteiger partial charge in [-0.05, 0) is 18.9 Å². The molecule has 0 radical (unpaired) electrons. The van der Waals surface area contributed by atoms with Gasteiger partial charge in [-0.3, -0.25) is 5.41 Å². The number of hydrogen-bond acceptors (Lipinski definition) is 4. The van der Waals surface area contributed by atoms with E-state index in [1.54, 1.807) is 0 Å². The molecule has 0 aromatic carbocycles. The first-order valence-corrected chi connectivity index (χ1v) is 3.85. The second-order valence-corrected chi connectivity index (χ2v) is 2.61. The number of allylic oxidation sites excluding steroid dienone is 1. The van der Waals surface area contributed by atoms with E-state index in [1.165, 1.54) is 13.2 Å². The first kappa shape index (κ1) is 8.77. The van der Waals surface area contributed by atoms with Gasteiger partial charge >= 0.3 is 5.97 Å². The van der Waals surface area contributed by atoms with Gasteiger partial charge in [-0.1, -0.05) is 0 Å². The summed E-state index contributed by atoms with van der Waals surface area (Å²) >= 11 is 0. The topological polar surface area (TPSA) is 62.2 Å². The van der Waals surface area contributed by atoms with Crippen molar-refractivity contribution in [2.24, 2.45) is 0 Å². The van der Waals surface area contributed by atoms with Gasteiger partial charge in [-0.25, -0.2) is 4.79 Å². The third-order valence-corrected chi connectivity index (χ3v) is 1.70. The standard InChI is InChI=1S/C8H12N2O2/c1-12-8(11)7(9)5-6-3-2-4-10-6/h5,9-10H,2-4H2,1H3/b6-5-,9-7?. The summed E-state index contributed by atoms with van der Waals surface area (Å²) in [6.45, 7) is 0.931. The van der Waals surface area contributed by atoms with E-state index in [2.05, 4.69) is 10.1 Å². The lowest BCUT2D eigenvalue weighted by Crippen LogP contribution is -2.14. The minimum absolute atomic E-state index is 0.0955. The molecule has 4 nitrogen and oxygen atoms in total. The second kappa shape index (κ2) is 3.90. The number of carbonyl (C=O) groups excluding carboxylic acids is 1. The highest BCUT2D eigenvalue weighted by Gasteiger charge is 2.10. The zero-order valence-electron chi connectivity index (χ0n) is 7.02. The number of ether oxygens (including phenoxy) is 1. The molecule has 66 valence electrons. The van der Waals surface area contributed by atoms with Crippen molar-refractivity contribution in [1.29, 1.82) is 5.41 Å². The summed E-state index contributed by atoms with van der Waals surface area (Å²) in [5.74, 6) is -0.587. The van der Waals surface area contributed by atoms with Crippen LogP contribution in [0, 0.1) is 5.41 Å². The van der Waals surface area contributed by atoms with Crippen LogP contribution in [0.2, 0.25) is 0 Å². The lowest BCUT2D eigenvalue weighted by atomic mass is 10.2. The van der Waals surface area contributed by atoms with E-state index in [-0.39, 0.29) is 5.71 Å². The number of hydrogen-bond donors (Lipinski definition) is 2. The third kappa shape index (κ3) is 2.08. The van der Waals surface area contributed by atoms with Gasteiger partial charge in [0.15, 0.2) is 0 Å². The Kier molecular flexibility index (Phi) is 2.85. The summed E-state index contributed by atoms with van der Waals surface area (Å²) in [6.07, 6.45) is 3.51. The molecule has 0 aromatic rings. The van der Waals surface area contributed by atoms with Crippen LogP contribution in [-0.4, -0.2) is 25.3 Å². The molecule has 0 atom stereocenters. The molecule has 0 aromatic heterocycles. The maximum atomic E-state index is 10.8. The summed E-state index contributed by atoms with van der Waals surface area (Å²) in [4.78, 5) is 10.8. The van der Waals surface area contributed by atoms with Gasteiger partial charge in [0.2, 0.25) is 0 Å². The molecule has 1 aliphatic rings. The first-order valence-electron chi connectivity index (χ1n) is 3.85. The fourth-order valence-electron chi connectivity index (χ4n) is 1.08. The second-order valence-electron chi connectivity index (χ2n) is 2.61. The number of methoxy groups -OCH3 is 1. The first-order chi connectivity index (χ1) is 5.74. The number of rotatable bonds is 2. The highest BCUT2D eigenvalue weighted by atomic mass is 16.5. The molecule has 0 saturated carbocycles. The highest BCUT2D eigenvalue weighted by Crippen LogP contribution is 2.08. The van der Waals surface area contributed by atoms with Crippen LogP contribution < -0.4 is 5.32 Å². The van der Waals surface area contributed by atoms with E-state index in [9.17, 15) is 4.79 Å². The van der Waals surface area contributed by atoms with Crippen molar-refractivity contribution in [3.8, 4) is 0 Å².